The lowest BCUT2D eigenvalue weighted by Gasteiger charge is -2.44. The van der Waals surface area contributed by atoms with E-state index in [1.807, 2.05) is 49.9 Å². The van der Waals surface area contributed by atoms with Crippen molar-refractivity contribution in [1.29, 1.82) is 0 Å². The van der Waals surface area contributed by atoms with Gasteiger partial charge < -0.3 is 14.4 Å². The van der Waals surface area contributed by atoms with Crippen LogP contribution in [0.2, 0.25) is 0 Å². The van der Waals surface area contributed by atoms with Gasteiger partial charge in [-0.3, -0.25) is 4.79 Å². The minimum atomic E-state index is -0.286. The molecule has 0 radical (unpaired) electrons. The Morgan fingerprint density at radius 2 is 1.86 bits per heavy atom. The van der Waals surface area contributed by atoms with Crippen LogP contribution in [-0.2, 0) is 10.2 Å². The van der Waals surface area contributed by atoms with Gasteiger partial charge in [-0.05, 0) is 50.5 Å². The molecule has 0 N–H and O–H groups in total. The maximum atomic E-state index is 12.5. The van der Waals surface area contributed by atoms with Gasteiger partial charge in [-0.2, -0.15) is 0 Å². The molecule has 2 aromatic carbocycles. The first kappa shape index (κ1) is 20.2. The first-order valence-electron chi connectivity index (χ1n) is 10.2. The second-order valence-electron chi connectivity index (χ2n) is 7.75. The van der Waals surface area contributed by atoms with Crippen molar-refractivity contribution in [2.24, 2.45) is 0 Å². The summed E-state index contributed by atoms with van der Waals surface area (Å²) in [5.41, 5.74) is 2.05. The highest BCUT2D eigenvalue weighted by Crippen LogP contribution is 2.44. The summed E-state index contributed by atoms with van der Waals surface area (Å²) < 4.78 is 11.5. The predicted octanol–water partition coefficient (Wildman–Crippen LogP) is 4.80. The van der Waals surface area contributed by atoms with Crippen LogP contribution < -0.4 is 9.47 Å². The van der Waals surface area contributed by atoms with Crippen LogP contribution in [0.1, 0.15) is 51.2 Å². The average molecular weight is 382 g/mol. The van der Waals surface area contributed by atoms with E-state index in [2.05, 4.69) is 24.3 Å². The van der Waals surface area contributed by atoms with E-state index in [9.17, 15) is 4.79 Å². The molecule has 4 nitrogen and oxygen atoms in total. The third-order valence-electron chi connectivity index (χ3n) is 5.55. The van der Waals surface area contributed by atoms with E-state index in [4.69, 9.17) is 9.47 Å². The van der Waals surface area contributed by atoms with Gasteiger partial charge in [0, 0.05) is 30.5 Å². The molecule has 1 saturated heterocycles. The molecule has 4 heteroatoms. The van der Waals surface area contributed by atoms with Gasteiger partial charge in [-0.1, -0.05) is 37.3 Å². The molecule has 0 saturated carbocycles. The molecule has 0 aromatic heterocycles. The van der Waals surface area contributed by atoms with E-state index in [1.54, 1.807) is 7.11 Å². The van der Waals surface area contributed by atoms with Crippen LogP contribution in [-0.4, -0.2) is 37.1 Å². The van der Waals surface area contributed by atoms with Gasteiger partial charge in [-0.15, -0.1) is 0 Å². The quantitative estimate of drug-likeness (QED) is 0.721. The second-order valence-corrected chi connectivity index (χ2v) is 7.75. The summed E-state index contributed by atoms with van der Waals surface area (Å²) in [6.45, 7) is 7.47. The van der Waals surface area contributed by atoms with Crippen molar-refractivity contribution < 1.29 is 14.3 Å². The average Bonchev–Trinajstić information content (AvgIpc) is 2.73. The van der Waals surface area contributed by atoms with E-state index in [0.717, 1.165) is 36.4 Å². The van der Waals surface area contributed by atoms with E-state index < -0.39 is 0 Å². The van der Waals surface area contributed by atoms with Crippen LogP contribution in [0.4, 0.5) is 0 Å². The number of para-hydroxylation sites is 1. The van der Waals surface area contributed by atoms with Crippen molar-refractivity contribution in [3.05, 3.63) is 59.7 Å². The lowest BCUT2D eigenvalue weighted by Crippen LogP contribution is -2.49. The third kappa shape index (κ3) is 4.01. The van der Waals surface area contributed by atoms with Crippen molar-refractivity contribution in [3.8, 4) is 11.5 Å². The fourth-order valence-corrected chi connectivity index (χ4v) is 4.27. The van der Waals surface area contributed by atoms with E-state index in [1.165, 1.54) is 5.56 Å². The topological polar surface area (TPSA) is 38.8 Å². The van der Waals surface area contributed by atoms with Crippen LogP contribution in [0.25, 0.3) is 0 Å². The molecule has 2 aromatic rings. The smallest absolute Gasteiger partial charge is 0.222 e. The molecule has 28 heavy (non-hydrogen) atoms. The normalized spacial score (nSPS) is 19.5. The zero-order valence-corrected chi connectivity index (χ0v) is 17.4. The number of methoxy groups -OCH3 is 1. The fraction of sp³-hybridized carbons (Fsp3) is 0.458. The molecule has 1 heterocycles. The number of amides is 1. The minimum absolute atomic E-state index is 0.140. The number of likely N-dealkylation sites (tertiary alicyclic amines) is 1. The van der Waals surface area contributed by atoms with Gasteiger partial charge in [0.15, 0.2) is 0 Å². The van der Waals surface area contributed by atoms with Gasteiger partial charge in [0.2, 0.25) is 5.91 Å². The van der Waals surface area contributed by atoms with Gasteiger partial charge in [0.25, 0.3) is 0 Å². The minimum Gasteiger partial charge on any atom is -0.496 e. The van der Waals surface area contributed by atoms with Gasteiger partial charge in [-0.25, -0.2) is 0 Å². The molecule has 0 bridgehead atoms. The van der Waals surface area contributed by atoms with Crippen molar-refractivity contribution in [1.82, 2.24) is 4.90 Å². The summed E-state index contributed by atoms with van der Waals surface area (Å²) in [4.78, 5) is 14.5. The number of carbonyl (C=O) groups excluding carboxylic acids is 1. The number of carbonyl (C=O) groups is 1. The SMILES string of the molecule is CCC(=O)N1CCCC(c2ccc(OC(C)C)cc2)(c2ccccc2OC)C1. The number of ether oxygens (including phenoxy) is 2. The number of hydrogen-bond acceptors (Lipinski definition) is 3. The summed E-state index contributed by atoms with van der Waals surface area (Å²) >= 11 is 0. The number of rotatable bonds is 6. The highest BCUT2D eigenvalue weighted by atomic mass is 16.5. The first-order chi connectivity index (χ1) is 13.5. The summed E-state index contributed by atoms with van der Waals surface area (Å²) in [7, 11) is 1.71. The molecule has 1 amide bonds. The Morgan fingerprint density at radius 1 is 1.14 bits per heavy atom. The summed E-state index contributed by atoms with van der Waals surface area (Å²) in [5, 5.41) is 0. The van der Waals surface area contributed by atoms with Gasteiger partial charge >= 0.3 is 0 Å². The maximum absolute atomic E-state index is 12.5. The van der Waals surface area contributed by atoms with Crippen LogP contribution in [0.15, 0.2) is 48.5 Å². The monoisotopic (exact) mass is 381 g/mol. The zero-order valence-electron chi connectivity index (χ0n) is 17.4. The van der Waals surface area contributed by atoms with E-state index in [0.29, 0.717) is 13.0 Å². The largest absolute Gasteiger partial charge is 0.496 e. The molecular formula is C24H31NO3. The van der Waals surface area contributed by atoms with Crippen LogP contribution in [0.3, 0.4) is 0 Å². The van der Waals surface area contributed by atoms with Crippen molar-refractivity contribution in [3.63, 3.8) is 0 Å². The number of piperidine rings is 1. The van der Waals surface area contributed by atoms with Crippen LogP contribution in [0, 0.1) is 0 Å². The Kier molecular flexibility index (Phi) is 6.28. The standard InChI is InChI=1S/C24H31NO3/c1-5-23(26)25-16-8-15-24(17-25,21-9-6-7-10-22(21)27-4)19-11-13-20(14-12-19)28-18(2)3/h6-7,9-14,18H,5,8,15-17H2,1-4H3. The molecular weight excluding hydrogens is 350 g/mol. The number of benzene rings is 2. The Hall–Kier alpha value is -2.49. The summed E-state index contributed by atoms with van der Waals surface area (Å²) in [6.07, 6.45) is 2.61. The van der Waals surface area contributed by atoms with E-state index in [-0.39, 0.29) is 17.4 Å². The molecule has 0 spiro atoms. The van der Waals surface area contributed by atoms with Crippen LogP contribution >= 0.6 is 0 Å². The fourth-order valence-electron chi connectivity index (χ4n) is 4.27. The molecule has 1 fully saturated rings. The van der Waals surface area contributed by atoms with Crippen molar-refractivity contribution in [2.45, 2.75) is 51.6 Å². The molecule has 0 aliphatic carbocycles. The lowest BCUT2D eigenvalue weighted by molar-refractivity contribution is -0.132. The summed E-state index contributed by atoms with van der Waals surface area (Å²) in [6, 6.07) is 16.5. The molecule has 1 aliphatic heterocycles. The van der Waals surface area contributed by atoms with Gasteiger partial charge in [0.05, 0.1) is 13.2 Å². The molecule has 1 unspecified atom stereocenters. The highest BCUT2D eigenvalue weighted by Gasteiger charge is 2.41. The Labute approximate surface area is 168 Å². The predicted molar refractivity (Wildman–Crippen MR) is 112 cm³/mol. The molecule has 3 rings (SSSR count). The molecule has 1 aliphatic rings. The Bertz CT molecular complexity index is 800. The second kappa shape index (κ2) is 8.68. The molecule has 1 atom stereocenters. The van der Waals surface area contributed by atoms with E-state index >= 15 is 0 Å². The number of nitrogens with zero attached hydrogens (tertiary/aromatic N) is 1. The highest BCUT2D eigenvalue weighted by molar-refractivity contribution is 5.76. The Morgan fingerprint density at radius 3 is 2.50 bits per heavy atom. The zero-order chi connectivity index (χ0) is 20.1. The maximum Gasteiger partial charge on any atom is 0.222 e. The lowest BCUT2D eigenvalue weighted by atomic mass is 9.68. The van der Waals surface area contributed by atoms with Crippen LogP contribution in [0.5, 0.6) is 11.5 Å². The summed E-state index contributed by atoms with van der Waals surface area (Å²) in [5.74, 6) is 1.95. The number of hydrogen-bond donors (Lipinski definition) is 0. The molecule has 150 valence electrons. The Balaban J connectivity index is 2.08. The third-order valence-corrected chi connectivity index (χ3v) is 5.55. The van der Waals surface area contributed by atoms with Crippen molar-refractivity contribution in [2.75, 3.05) is 20.2 Å². The van der Waals surface area contributed by atoms with Crippen molar-refractivity contribution >= 4 is 5.91 Å². The van der Waals surface area contributed by atoms with Gasteiger partial charge in [0.1, 0.15) is 11.5 Å². The first-order valence-corrected chi connectivity index (χ1v) is 10.2.